The highest BCUT2D eigenvalue weighted by Crippen LogP contribution is 2.21. The Hall–Kier alpha value is -1.36. The van der Waals surface area contributed by atoms with Gasteiger partial charge in [0.1, 0.15) is 5.82 Å². The molecule has 5 heteroatoms. The van der Waals surface area contributed by atoms with Crippen LogP contribution in [0.5, 0.6) is 0 Å². The lowest BCUT2D eigenvalue weighted by Gasteiger charge is -2.38. The van der Waals surface area contributed by atoms with E-state index in [2.05, 4.69) is 34.0 Å². The van der Waals surface area contributed by atoms with Crippen LogP contribution in [0.25, 0.3) is 0 Å². The Bertz CT molecular complexity index is 381. The lowest BCUT2D eigenvalue weighted by molar-refractivity contribution is -0.0279. The number of hydrogen-bond acceptors (Lipinski definition) is 5. The van der Waals surface area contributed by atoms with E-state index in [0.29, 0.717) is 5.95 Å². The zero-order chi connectivity index (χ0) is 12.3. The molecule has 0 unspecified atom stereocenters. The number of rotatable bonds is 3. The summed E-state index contributed by atoms with van der Waals surface area (Å²) in [4.78, 5) is 10.9. The van der Waals surface area contributed by atoms with Gasteiger partial charge < -0.3 is 15.0 Å². The lowest BCUT2D eigenvalue weighted by Crippen LogP contribution is -2.48. The summed E-state index contributed by atoms with van der Waals surface area (Å²) in [5.74, 6) is 1.65. The molecule has 1 fully saturated rings. The van der Waals surface area contributed by atoms with Crippen LogP contribution in [0.4, 0.5) is 11.8 Å². The maximum absolute atomic E-state index is 5.69. The SMILES string of the molecule is CCNc1nccc(N2CCOC(C)(C)C2)n1. The highest BCUT2D eigenvalue weighted by atomic mass is 16.5. The Balaban J connectivity index is 2.13. The van der Waals surface area contributed by atoms with Gasteiger partial charge in [0.25, 0.3) is 0 Å². The molecule has 1 N–H and O–H groups in total. The summed E-state index contributed by atoms with van der Waals surface area (Å²) < 4.78 is 5.69. The van der Waals surface area contributed by atoms with Crippen LogP contribution in [-0.4, -0.2) is 41.8 Å². The van der Waals surface area contributed by atoms with Crippen molar-refractivity contribution < 1.29 is 4.74 Å². The largest absolute Gasteiger partial charge is 0.372 e. The standard InChI is InChI=1S/C12H20N4O/c1-4-13-11-14-6-5-10(15-11)16-7-8-17-12(2,3)9-16/h5-6H,4,7-9H2,1-3H3,(H,13,14,15). The molecule has 0 aromatic carbocycles. The lowest BCUT2D eigenvalue weighted by atomic mass is 10.1. The molecular weight excluding hydrogens is 216 g/mol. The van der Waals surface area contributed by atoms with Gasteiger partial charge >= 0.3 is 0 Å². The van der Waals surface area contributed by atoms with Gasteiger partial charge in [-0.3, -0.25) is 0 Å². The molecule has 17 heavy (non-hydrogen) atoms. The average molecular weight is 236 g/mol. The molecule has 0 aliphatic carbocycles. The first-order chi connectivity index (χ1) is 8.11. The average Bonchev–Trinajstić information content (AvgIpc) is 2.28. The van der Waals surface area contributed by atoms with E-state index < -0.39 is 0 Å². The normalized spacial score (nSPS) is 19.1. The molecule has 1 aliphatic heterocycles. The Kier molecular flexibility index (Phi) is 3.47. The van der Waals surface area contributed by atoms with Gasteiger partial charge in [-0.15, -0.1) is 0 Å². The van der Waals surface area contributed by atoms with Crippen LogP contribution >= 0.6 is 0 Å². The topological polar surface area (TPSA) is 50.3 Å². The van der Waals surface area contributed by atoms with Crippen LogP contribution in [0.3, 0.4) is 0 Å². The molecule has 2 rings (SSSR count). The molecule has 5 nitrogen and oxygen atoms in total. The summed E-state index contributed by atoms with van der Waals surface area (Å²) >= 11 is 0. The van der Waals surface area contributed by atoms with Crippen molar-refractivity contribution in [3.63, 3.8) is 0 Å². The van der Waals surface area contributed by atoms with Crippen molar-refractivity contribution in [1.82, 2.24) is 9.97 Å². The fraction of sp³-hybridized carbons (Fsp3) is 0.667. The van der Waals surface area contributed by atoms with Crippen molar-refractivity contribution in [3.8, 4) is 0 Å². The Morgan fingerprint density at radius 1 is 1.53 bits per heavy atom. The van der Waals surface area contributed by atoms with Crippen molar-refractivity contribution in [3.05, 3.63) is 12.3 Å². The minimum Gasteiger partial charge on any atom is -0.372 e. The van der Waals surface area contributed by atoms with Crippen LogP contribution in [0.1, 0.15) is 20.8 Å². The minimum atomic E-state index is -0.110. The van der Waals surface area contributed by atoms with Crippen LogP contribution in [-0.2, 0) is 4.74 Å². The molecule has 2 heterocycles. The van der Waals surface area contributed by atoms with E-state index in [1.807, 2.05) is 13.0 Å². The van der Waals surface area contributed by atoms with Crippen LogP contribution in [0.2, 0.25) is 0 Å². The maximum atomic E-state index is 5.69. The number of nitrogens with one attached hydrogen (secondary N) is 1. The second-order valence-electron chi connectivity index (χ2n) is 4.80. The molecule has 1 aromatic rings. The molecule has 0 amide bonds. The molecule has 1 aliphatic rings. The summed E-state index contributed by atoms with van der Waals surface area (Å²) in [7, 11) is 0. The van der Waals surface area contributed by atoms with Crippen molar-refractivity contribution in [2.45, 2.75) is 26.4 Å². The summed E-state index contributed by atoms with van der Waals surface area (Å²) in [6.45, 7) is 9.55. The summed E-state index contributed by atoms with van der Waals surface area (Å²) in [5, 5.41) is 3.13. The van der Waals surface area contributed by atoms with Crippen molar-refractivity contribution in [2.75, 3.05) is 36.5 Å². The van der Waals surface area contributed by atoms with Crippen molar-refractivity contribution in [2.24, 2.45) is 0 Å². The summed E-state index contributed by atoms with van der Waals surface area (Å²) in [6.07, 6.45) is 1.79. The third-order valence-electron chi connectivity index (χ3n) is 2.73. The number of aromatic nitrogens is 2. The highest BCUT2D eigenvalue weighted by molar-refractivity contribution is 5.43. The second-order valence-corrected chi connectivity index (χ2v) is 4.80. The van der Waals surface area contributed by atoms with E-state index in [0.717, 1.165) is 32.1 Å². The molecule has 0 saturated carbocycles. The molecule has 1 saturated heterocycles. The number of hydrogen-bond donors (Lipinski definition) is 1. The first-order valence-corrected chi connectivity index (χ1v) is 6.06. The van der Waals surface area contributed by atoms with E-state index >= 15 is 0 Å². The van der Waals surface area contributed by atoms with E-state index in [1.54, 1.807) is 6.20 Å². The van der Waals surface area contributed by atoms with Crippen molar-refractivity contribution >= 4 is 11.8 Å². The maximum Gasteiger partial charge on any atom is 0.224 e. The third-order valence-corrected chi connectivity index (χ3v) is 2.73. The monoisotopic (exact) mass is 236 g/mol. The predicted octanol–water partition coefficient (Wildman–Crippen LogP) is 1.52. The molecule has 0 atom stereocenters. The van der Waals surface area contributed by atoms with Gasteiger partial charge in [0.2, 0.25) is 5.95 Å². The minimum absolute atomic E-state index is 0.110. The molecule has 1 aromatic heterocycles. The van der Waals surface area contributed by atoms with Crippen LogP contribution in [0.15, 0.2) is 12.3 Å². The quantitative estimate of drug-likeness (QED) is 0.862. The smallest absolute Gasteiger partial charge is 0.224 e. The van der Waals surface area contributed by atoms with Gasteiger partial charge in [-0.2, -0.15) is 4.98 Å². The van der Waals surface area contributed by atoms with Gasteiger partial charge in [0, 0.05) is 25.8 Å². The van der Waals surface area contributed by atoms with Gasteiger partial charge in [0.05, 0.1) is 12.2 Å². The van der Waals surface area contributed by atoms with Gasteiger partial charge in [0.15, 0.2) is 0 Å². The fourth-order valence-electron chi connectivity index (χ4n) is 1.98. The third kappa shape index (κ3) is 3.06. The van der Waals surface area contributed by atoms with Gasteiger partial charge in [-0.05, 0) is 26.8 Å². The Morgan fingerprint density at radius 2 is 2.35 bits per heavy atom. The molecule has 0 radical (unpaired) electrons. The zero-order valence-electron chi connectivity index (χ0n) is 10.7. The summed E-state index contributed by atoms with van der Waals surface area (Å²) in [5.41, 5.74) is -0.110. The van der Waals surface area contributed by atoms with Crippen LogP contribution < -0.4 is 10.2 Å². The first kappa shape index (κ1) is 12.1. The van der Waals surface area contributed by atoms with E-state index in [-0.39, 0.29) is 5.60 Å². The van der Waals surface area contributed by atoms with E-state index in [4.69, 9.17) is 4.74 Å². The molecule has 0 spiro atoms. The van der Waals surface area contributed by atoms with E-state index in [9.17, 15) is 0 Å². The van der Waals surface area contributed by atoms with Crippen LogP contribution in [0, 0.1) is 0 Å². The highest BCUT2D eigenvalue weighted by Gasteiger charge is 2.27. The number of anilines is 2. The summed E-state index contributed by atoms with van der Waals surface area (Å²) in [6, 6.07) is 1.95. The number of ether oxygens (including phenoxy) is 1. The second kappa shape index (κ2) is 4.87. The Morgan fingerprint density at radius 3 is 3.06 bits per heavy atom. The van der Waals surface area contributed by atoms with E-state index in [1.165, 1.54) is 0 Å². The van der Waals surface area contributed by atoms with Gasteiger partial charge in [-0.25, -0.2) is 4.98 Å². The predicted molar refractivity (Wildman–Crippen MR) is 68.4 cm³/mol. The van der Waals surface area contributed by atoms with Crippen molar-refractivity contribution in [1.29, 1.82) is 0 Å². The first-order valence-electron chi connectivity index (χ1n) is 6.06. The molecule has 0 bridgehead atoms. The molecule has 94 valence electrons. The number of morpholine rings is 1. The zero-order valence-corrected chi connectivity index (χ0v) is 10.7. The number of nitrogens with zero attached hydrogens (tertiary/aromatic N) is 3. The fourth-order valence-corrected chi connectivity index (χ4v) is 1.98. The van der Waals surface area contributed by atoms with Gasteiger partial charge in [-0.1, -0.05) is 0 Å². The Labute approximate surface area is 102 Å². The molecular formula is C12H20N4O.